The summed E-state index contributed by atoms with van der Waals surface area (Å²) >= 11 is 0. The summed E-state index contributed by atoms with van der Waals surface area (Å²) in [4.78, 5) is 33.6. The van der Waals surface area contributed by atoms with Crippen molar-refractivity contribution in [1.29, 1.82) is 0 Å². The van der Waals surface area contributed by atoms with Gasteiger partial charge < -0.3 is 15.6 Å². The van der Waals surface area contributed by atoms with E-state index in [1.807, 2.05) is 58.0 Å². The van der Waals surface area contributed by atoms with Crippen LogP contribution in [0.1, 0.15) is 49.9 Å². The lowest BCUT2D eigenvalue weighted by Gasteiger charge is -2.26. The maximum atomic E-state index is 13.1. The molecule has 0 saturated heterocycles. The van der Waals surface area contributed by atoms with Gasteiger partial charge in [-0.1, -0.05) is 58.0 Å². The number of amides is 2. The maximum Gasteiger partial charge on any atom is 0.251 e. The molecule has 2 atom stereocenters. The highest BCUT2D eigenvalue weighted by molar-refractivity contribution is 5.97. The Morgan fingerprint density at radius 3 is 2.14 bits per heavy atom. The maximum absolute atomic E-state index is 13.1. The average Bonchev–Trinajstić information content (AvgIpc) is 3.13. The largest absolute Gasteiger partial charge is 0.344 e. The molecule has 0 saturated carbocycles. The fraction of sp³-hybridized carbons (Fsp3) is 0.348. The van der Waals surface area contributed by atoms with Crippen molar-refractivity contribution in [3.8, 4) is 0 Å². The van der Waals surface area contributed by atoms with Gasteiger partial charge in [0.25, 0.3) is 5.91 Å². The summed E-state index contributed by atoms with van der Waals surface area (Å²) in [5.41, 5.74) is 2.32. The first kappa shape index (κ1) is 20.6. The van der Waals surface area contributed by atoms with Crippen LogP contribution in [0, 0.1) is 11.8 Å². The summed E-state index contributed by atoms with van der Waals surface area (Å²) in [6.45, 7) is 7.90. The van der Waals surface area contributed by atoms with Crippen LogP contribution in [0.4, 0.5) is 0 Å². The molecule has 6 heteroatoms. The summed E-state index contributed by atoms with van der Waals surface area (Å²) in [7, 11) is 0. The molecule has 0 fully saturated rings. The number of rotatable bonds is 7. The second kappa shape index (κ2) is 8.90. The van der Waals surface area contributed by atoms with Crippen molar-refractivity contribution in [3.63, 3.8) is 0 Å². The number of nitrogens with one attached hydrogen (secondary N) is 3. The molecule has 0 aliphatic carbocycles. The van der Waals surface area contributed by atoms with Crippen LogP contribution in [-0.4, -0.2) is 27.8 Å². The van der Waals surface area contributed by atoms with Crippen LogP contribution in [0.15, 0.2) is 54.6 Å². The Balaban J connectivity index is 1.78. The second-order valence-electron chi connectivity index (χ2n) is 7.93. The monoisotopic (exact) mass is 392 g/mol. The molecule has 0 aliphatic rings. The van der Waals surface area contributed by atoms with E-state index in [9.17, 15) is 9.59 Å². The number of aromatic amines is 1. The summed E-state index contributed by atoms with van der Waals surface area (Å²) in [5, 5.41) is 5.96. The van der Waals surface area contributed by atoms with Crippen molar-refractivity contribution < 1.29 is 9.59 Å². The van der Waals surface area contributed by atoms with E-state index in [0.29, 0.717) is 11.4 Å². The smallest absolute Gasteiger partial charge is 0.251 e. The number of aromatic nitrogens is 2. The quantitative estimate of drug-likeness (QED) is 0.571. The number of H-pyrrole nitrogens is 1. The fourth-order valence-corrected chi connectivity index (χ4v) is 3.26. The number of hydrogen-bond acceptors (Lipinski definition) is 3. The summed E-state index contributed by atoms with van der Waals surface area (Å²) in [6, 6.07) is 15.8. The minimum absolute atomic E-state index is 0.0638. The first-order chi connectivity index (χ1) is 13.9. The predicted molar refractivity (Wildman–Crippen MR) is 114 cm³/mol. The van der Waals surface area contributed by atoms with Crippen LogP contribution in [0.3, 0.4) is 0 Å². The highest BCUT2D eigenvalue weighted by Gasteiger charge is 2.29. The number of hydrogen-bond donors (Lipinski definition) is 3. The zero-order valence-corrected chi connectivity index (χ0v) is 17.3. The molecule has 0 spiro atoms. The predicted octanol–water partition coefficient (Wildman–Crippen LogP) is 3.83. The lowest BCUT2D eigenvalue weighted by Crippen LogP contribution is -2.51. The van der Waals surface area contributed by atoms with Gasteiger partial charge in [-0.05, 0) is 36.1 Å². The molecule has 6 nitrogen and oxygen atoms in total. The Kier molecular flexibility index (Phi) is 6.32. The van der Waals surface area contributed by atoms with Gasteiger partial charge in [-0.25, -0.2) is 4.98 Å². The average molecular weight is 393 g/mol. The van der Waals surface area contributed by atoms with Crippen LogP contribution in [0.5, 0.6) is 0 Å². The zero-order chi connectivity index (χ0) is 21.0. The SMILES string of the molecule is CC(C)C(NC(=O)c1ccccc1)C(=O)NC(c1nc2ccccc2[nH]1)C(C)C. The molecule has 152 valence electrons. The Bertz CT molecular complexity index is 946. The molecule has 0 radical (unpaired) electrons. The molecule has 1 heterocycles. The van der Waals surface area contributed by atoms with Crippen molar-refractivity contribution in [2.45, 2.75) is 39.8 Å². The summed E-state index contributed by atoms with van der Waals surface area (Å²) in [6.07, 6.45) is 0. The molecule has 2 unspecified atom stereocenters. The van der Waals surface area contributed by atoms with Crippen LogP contribution >= 0.6 is 0 Å². The molecule has 1 aromatic heterocycles. The van der Waals surface area contributed by atoms with Gasteiger partial charge in [0.05, 0.1) is 17.1 Å². The highest BCUT2D eigenvalue weighted by atomic mass is 16.2. The molecule has 0 bridgehead atoms. The Labute approximate surface area is 171 Å². The lowest BCUT2D eigenvalue weighted by molar-refractivity contribution is -0.125. The number of fused-ring (bicyclic) bond motifs is 1. The van der Waals surface area contributed by atoms with E-state index in [4.69, 9.17) is 0 Å². The van der Waals surface area contributed by atoms with Crippen molar-refractivity contribution >= 4 is 22.8 Å². The third-order valence-corrected chi connectivity index (χ3v) is 4.94. The van der Waals surface area contributed by atoms with Gasteiger partial charge in [0, 0.05) is 5.56 Å². The topological polar surface area (TPSA) is 86.9 Å². The van der Waals surface area contributed by atoms with Gasteiger partial charge in [-0.15, -0.1) is 0 Å². The number of carbonyl (C=O) groups is 2. The van der Waals surface area contributed by atoms with E-state index < -0.39 is 6.04 Å². The Morgan fingerprint density at radius 2 is 1.52 bits per heavy atom. The van der Waals surface area contributed by atoms with E-state index in [-0.39, 0.29) is 29.7 Å². The third-order valence-electron chi connectivity index (χ3n) is 4.94. The minimum Gasteiger partial charge on any atom is -0.344 e. The Morgan fingerprint density at radius 1 is 0.862 bits per heavy atom. The van der Waals surface area contributed by atoms with Crippen LogP contribution in [0.25, 0.3) is 11.0 Å². The standard InChI is InChI=1S/C23H28N4O2/c1-14(2)19(21-24-17-12-8-9-13-18(17)25-21)26-23(29)20(15(3)4)27-22(28)16-10-6-5-7-11-16/h5-15,19-20H,1-4H3,(H,24,25)(H,26,29)(H,27,28). The van der Waals surface area contributed by atoms with Gasteiger partial charge in [-0.3, -0.25) is 9.59 Å². The van der Waals surface area contributed by atoms with Gasteiger partial charge in [0.2, 0.25) is 5.91 Å². The summed E-state index contributed by atoms with van der Waals surface area (Å²) < 4.78 is 0. The molecule has 2 aromatic carbocycles. The van der Waals surface area contributed by atoms with E-state index >= 15 is 0 Å². The first-order valence-electron chi connectivity index (χ1n) is 9.97. The molecular formula is C23H28N4O2. The molecule has 3 N–H and O–H groups in total. The first-order valence-corrected chi connectivity index (χ1v) is 9.97. The van der Waals surface area contributed by atoms with Crippen LogP contribution in [0.2, 0.25) is 0 Å². The van der Waals surface area contributed by atoms with Crippen molar-refractivity contribution in [3.05, 3.63) is 66.0 Å². The van der Waals surface area contributed by atoms with Crippen molar-refractivity contribution in [2.24, 2.45) is 11.8 Å². The van der Waals surface area contributed by atoms with E-state index in [1.165, 1.54) is 0 Å². The van der Waals surface area contributed by atoms with Gasteiger partial charge in [-0.2, -0.15) is 0 Å². The van der Waals surface area contributed by atoms with E-state index in [2.05, 4.69) is 20.6 Å². The molecular weight excluding hydrogens is 364 g/mol. The normalized spacial score (nSPS) is 13.4. The van der Waals surface area contributed by atoms with Gasteiger partial charge in [0.1, 0.15) is 11.9 Å². The van der Waals surface area contributed by atoms with E-state index in [1.54, 1.807) is 24.3 Å². The molecule has 3 rings (SSSR count). The second-order valence-corrected chi connectivity index (χ2v) is 7.93. The lowest BCUT2D eigenvalue weighted by atomic mass is 9.99. The van der Waals surface area contributed by atoms with Crippen LogP contribution in [-0.2, 0) is 4.79 Å². The molecule has 0 aliphatic heterocycles. The molecule has 29 heavy (non-hydrogen) atoms. The van der Waals surface area contributed by atoms with Crippen molar-refractivity contribution in [1.82, 2.24) is 20.6 Å². The van der Waals surface area contributed by atoms with Gasteiger partial charge in [0.15, 0.2) is 0 Å². The number of carbonyl (C=O) groups excluding carboxylic acids is 2. The Hall–Kier alpha value is -3.15. The highest BCUT2D eigenvalue weighted by Crippen LogP contribution is 2.22. The third kappa shape index (κ3) is 4.83. The minimum atomic E-state index is -0.645. The zero-order valence-electron chi connectivity index (χ0n) is 17.3. The number of nitrogens with zero attached hydrogens (tertiary/aromatic N) is 1. The fourth-order valence-electron chi connectivity index (χ4n) is 3.26. The summed E-state index contributed by atoms with van der Waals surface area (Å²) in [5.74, 6) is 0.294. The molecule has 3 aromatic rings. The number of imidazole rings is 1. The van der Waals surface area contributed by atoms with Crippen LogP contribution < -0.4 is 10.6 Å². The van der Waals surface area contributed by atoms with E-state index in [0.717, 1.165) is 11.0 Å². The van der Waals surface area contributed by atoms with Crippen molar-refractivity contribution in [2.75, 3.05) is 0 Å². The van der Waals surface area contributed by atoms with Gasteiger partial charge >= 0.3 is 0 Å². The number of para-hydroxylation sites is 2. The molecule has 2 amide bonds. The number of benzene rings is 2.